The maximum Gasteiger partial charge on any atom is 0.133 e. The van der Waals surface area contributed by atoms with Gasteiger partial charge in [0.05, 0.1) is 12.4 Å². The average Bonchev–Trinajstić information content (AvgIpc) is 2.96. The molecule has 1 aromatic rings. The van der Waals surface area contributed by atoms with Crippen molar-refractivity contribution in [3.63, 3.8) is 0 Å². The van der Waals surface area contributed by atoms with Crippen molar-refractivity contribution in [2.24, 2.45) is 0 Å². The summed E-state index contributed by atoms with van der Waals surface area (Å²) in [6.07, 6.45) is 4.39. The molecule has 1 aliphatic heterocycles. The summed E-state index contributed by atoms with van der Waals surface area (Å²) < 4.78 is 11.4. The summed E-state index contributed by atoms with van der Waals surface area (Å²) in [5, 5.41) is 3.39. The Morgan fingerprint density at radius 2 is 2.44 bits per heavy atom. The van der Waals surface area contributed by atoms with Crippen molar-refractivity contribution >= 4 is 0 Å². The van der Waals surface area contributed by atoms with Crippen LogP contribution in [0.4, 0.5) is 0 Å². The van der Waals surface area contributed by atoms with Gasteiger partial charge in [0.2, 0.25) is 0 Å². The Labute approximate surface area is 109 Å². The van der Waals surface area contributed by atoms with Gasteiger partial charge in [0.15, 0.2) is 0 Å². The summed E-state index contributed by atoms with van der Waals surface area (Å²) in [7, 11) is 2.14. The molecule has 1 unspecified atom stereocenters. The number of hydrogen-bond donors (Lipinski definition) is 1. The fourth-order valence-electron chi connectivity index (χ4n) is 2.28. The van der Waals surface area contributed by atoms with Gasteiger partial charge < -0.3 is 19.4 Å². The Balaban J connectivity index is 1.76. The molecule has 4 nitrogen and oxygen atoms in total. The van der Waals surface area contributed by atoms with E-state index in [1.165, 1.54) is 5.56 Å². The Morgan fingerprint density at radius 1 is 1.56 bits per heavy atom. The van der Waals surface area contributed by atoms with E-state index in [0.717, 1.165) is 44.8 Å². The lowest BCUT2D eigenvalue weighted by atomic mass is 10.2. The van der Waals surface area contributed by atoms with Crippen molar-refractivity contribution in [3.05, 3.63) is 23.7 Å². The van der Waals surface area contributed by atoms with E-state index < -0.39 is 0 Å². The van der Waals surface area contributed by atoms with Crippen molar-refractivity contribution in [1.82, 2.24) is 10.2 Å². The molecule has 102 valence electrons. The molecule has 1 atom stereocenters. The van der Waals surface area contributed by atoms with E-state index in [1.807, 2.05) is 6.07 Å². The Morgan fingerprint density at radius 3 is 3.17 bits per heavy atom. The van der Waals surface area contributed by atoms with Crippen LogP contribution in [0.25, 0.3) is 0 Å². The number of hydrogen-bond acceptors (Lipinski definition) is 4. The average molecular weight is 252 g/mol. The van der Waals surface area contributed by atoms with Gasteiger partial charge in [-0.05, 0) is 32.5 Å². The van der Waals surface area contributed by atoms with E-state index in [2.05, 4.69) is 24.2 Å². The second kappa shape index (κ2) is 6.92. The zero-order chi connectivity index (χ0) is 12.8. The summed E-state index contributed by atoms with van der Waals surface area (Å²) in [5.74, 6) is 0.966. The highest BCUT2D eigenvalue weighted by Gasteiger charge is 2.20. The standard InChI is InChI=1S/C14H24N2O2/c1-3-6-15-9-12-5-8-17-14(12)11-18-13-4-7-16(2)10-13/h5,8,13,15H,3-4,6-7,9-11H2,1-2H3. The Kier molecular flexibility index (Phi) is 5.23. The molecule has 1 aromatic heterocycles. The molecule has 0 aromatic carbocycles. The predicted molar refractivity (Wildman–Crippen MR) is 71.4 cm³/mol. The third kappa shape index (κ3) is 3.83. The lowest BCUT2D eigenvalue weighted by molar-refractivity contribution is 0.0378. The third-order valence-electron chi connectivity index (χ3n) is 3.38. The third-order valence-corrected chi connectivity index (χ3v) is 3.38. The maximum absolute atomic E-state index is 5.90. The van der Waals surface area contributed by atoms with E-state index in [-0.39, 0.29) is 0 Å². The number of likely N-dealkylation sites (N-methyl/N-ethyl adjacent to an activating group) is 1. The lowest BCUT2D eigenvalue weighted by Crippen LogP contribution is -2.19. The first kappa shape index (κ1) is 13.6. The second-order valence-electron chi connectivity index (χ2n) is 5.03. The molecule has 4 heteroatoms. The summed E-state index contributed by atoms with van der Waals surface area (Å²) in [6.45, 7) is 6.84. The minimum Gasteiger partial charge on any atom is -0.467 e. The van der Waals surface area contributed by atoms with Crippen LogP contribution in [0.2, 0.25) is 0 Å². The van der Waals surface area contributed by atoms with Gasteiger partial charge in [0, 0.05) is 25.2 Å². The van der Waals surface area contributed by atoms with Gasteiger partial charge in [0.1, 0.15) is 12.4 Å². The molecule has 0 aliphatic carbocycles. The van der Waals surface area contributed by atoms with Crippen molar-refractivity contribution in [2.45, 2.75) is 39.0 Å². The first-order valence-corrected chi connectivity index (χ1v) is 6.85. The van der Waals surface area contributed by atoms with E-state index in [0.29, 0.717) is 12.7 Å². The number of furan rings is 1. The molecule has 1 fully saturated rings. The van der Waals surface area contributed by atoms with E-state index in [9.17, 15) is 0 Å². The van der Waals surface area contributed by atoms with Crippen LogP contribution in [0, 0.1) is 0 Å². The van der Waals surface area contributed by atoms with Gasteiger partial charge in [0.25, 0.3) is 0 Å². The van der Waals surface area contributed by atoms with Crippen LogP contribution < -0.4 is 5.32 Å². The van der Waals surface area contributed by atoms with Crippen LogP contribution in [0.3, 0.4) is 0 Å². The molecule has 0 radical (unpaired) electrons. The second-order valence-corrected chi connectivity index (χ2v) is 5.03. The minimum absolute atomic E-state index is 0.358. The summed E-state index contributed by atoms with van der Waals surface area (Å²) in [5.41, 5.74) is 1.22. The smallest absolute Gasteiger partial charge is 0.133 e. The fraction of sp³-hybridized carbons (Fsp3) is 0.714. The molecule has 2 heterocycles. The molecule has 0 amide bonds. The number of nitrogens with one attached hydrogen (secondary N) is 1. The van der Waals surface area contributed by atoms with Gasteiger partial charge in [-0.3, -0.25) is 0 Å². The Hall–Kier alpha value is -0.840. The SMILES string of the molecule is CCCNCc1ccoc1COC1CCN(C)C1. The van der Waals surface area contributed by atoms with Crippen molar-refractivity contribution < 1.29 is 9.15 Å². The predicted octanol–water partition coefficient (Wildman–Crippen LogP) is 2.00. The van der Waals surface area contributed by atoms with E-state index >= 15 is 0 Å². The highest BCUT2D eigenvalue weighted by Crippen LogP contribution is 2.16. The van der Waals surface area contributed by atoms with Crippen molar-refractivity contribution in [1.29, 1.82) is 0 Å². The topological polar surface area (TPSA) is 37.6 Å². The largest absolute Gasteiger partial charge is 0.467 e. The lowest BCUT2D eigenvalue weighted by Gasteiger charge is -2.11. The van der Waals surface area contributed by atoms with E-state index in [1.54, 1.807) is 6.26 Å². The zero-order valence-electron chi connectivity index (χ0n) is 11.4. The van der Waals surface area contributed by atoms with Gasteiger partial charge in [-0.15, -0.1) is 0 Å². The monoisotopic (exact) mass is 252 g/mol. The normalized spacial score (nSPS) is 20.7. The van der Waals surface area contributed by atoms with E-state index in [4.69, 9.17) is 9.15 Å². The van der Waals surface area contributed by atoms with Gasteiger partial charge >= 0.3 is 0 Å². The molecule has 1 aliphatic rings. The molecule has 1 saturated heterocycles. The summed E-state index contributed by atoms with van der Waals surface area (Å²) >= 11 is 0. The fourth-order valence-corrected chi connectivity index (χ4v) is 2.28. The first-order valence-electron chi connectivity index (χ1n) is 6.85. The Bertz CT molecular complexity index is 351. The summed E-state index contributed by atoms with van der Waals surface area (Å²) in [4.78, 5) is 2.30. The number of nitrogens with zero attached hydrogens (tertiary/aromatic N) is 1. The molecule has 18 heavy (non-hydrogen) atoms. The molecule has 1 N–H and O–H groups in total. The number of likely N-dealkylation sites (tertiary alicyclic amines) is 1. The number of rotatable bonds is 7. The highest BCUT2D eigenvalue weighted by atomic mass is 16.5. The molecular weight excluding hydrogens is 228 g/mol. The van der Waals surface area contributed by atoms with Crippen LogP contribution in [0.5, 0.6) is 0 Å². The molecule has 0 saturated carbocycles. The first-order chi connectivity index (χ1) is 8.79. The van der Waals surface area contributed by atoms with Crippen molar-refractivity contribution in [2.75, 3.05) is 26.7 Å². The van der Waals surface area contributed by atoms with Crippen LogP contribution in [0.1, 0.15) is 31.1 Å². The molecular formula is C14H24N2O2. The van der Waals surface area contributed by atoms with Gasteiger partial charge in [-0.1, -0.05) is 6.92 Å². The zero-order valence-corrected chi connectivity index (χ0v) is 11.4. The highest BCUT2D eigenvalue weighted by molar-refractivity contribution is 5.16. The molecule has 0 bridgehead atoms. The number of ether oxygens (including phenoxy) is 1. The maximum atomic E-state index is 5.90. The molecule has 0 spiro atoms. The van der Waals surface area contributed by atoms with Crippen LogP contribution in [0.15, 0.2) is 16.7 Å². The van der Waals surface area contributed by atoms with Crippen LogP contribution in [-0.2, 0) is 17.9 Å². The van der Waals surface area contributed by atoms with Crippen LogP contribution in [-0.4, -0.2) is 37.7 Å². The minimum atomic E-state index is 0.358. The molecule has 2 rings (SSSR count). The summed E-state index contributed by atoms with van der Waals surface area (Å²) in [6, 6.07) is 2.03. The quantitative estimate of drug-likeness (QED) is 0.753. The van der Waals surface area contributed by atoms with Crippen LogP contribution >= 0.6 is 0 Å². The van der Waals surface area contributed by atoms with Crippen molar-refractivity contribution in [3.8, 4) is 0 Å². The van der Waals surface area contributed by atoms with Gasteiger partial charge in [-0.25, -0.2) is 0 Å². The van der Waals surface area contributed by atoms with Gasteiger partial charge in [-0.2, -0.15) is 0 Å².